The van der Waals surface area contributed by atoms with E-state index in [9.17, 15) is 0 Å². The molecule has 0 bridgehead atoms. The van der Waals surface area contributed by atoms with E-state index in [1.165, 1.54) is 0 Å². The number of rotatable bonds is 4. The van der Waals surface area contributed by atoms with E-state index in [4.69, 9.17) is 21.1 Å². The van der Waals surface area contributed by atoms with Crippen LogP contribution in [0.2, 0.25) is 5.15 Å². The zero-order chi connectivity index (χ0) is 17.4. The summed E-state index contributed by atoms with van der Waals surface area (Å²) in [5.74, 6) is 2.20. The second-order valence-electron chi connectivity index (χ2n) is 5.66. The molecular formula is C17H16ClN5O2. The third-order valence-electron chi connectivity index (χ3n) is 4.08. The van der Waals surface area contributed by atoms with E-state index in [-0.39, 0.29) is 6.61 Å². The van der Waals surface area contributed by atoms with Gasteiger partial charge in [-0.2, -0.15) is 9.61 Å². The van der Waals surface area contributed by atoms with E-state index >= 15 is 0 Å². The van der Waals surface area contributed by atoms with E-state index < -0.39 is 0 Å². The van der Waals surface area contributed by atoms with Gasteiger partial charge in [0.15, 0.2) is 11.5 Å². The molecular weight excluding hydrogens is 342 g/mol. The van der Waals surface area contributed by atoms with Gasteiger partial charge < -0.3 is 14.4 Å². The van der Waals surface area contributed by atoms with Crippen LogP contribution in [-0.4, -0.2) is 40.5 Å². The maximum Gasteiger partial charge on any atom is 0.192 e. The average molecular weight is 358 g/mol. The lowest BCUT2D eigenvalue weighted by Gasteiger charge is -2.27. The quantitative estimate of drug-likeness (QED) is 0.715. The van der Waals surface area contributed by atoms with Crippen molar-refractivity contribution in [3.63, 3.8) is 0 Å². The monoisotopic (exact) mass is 357 g/mol. The molecule has 3 heterocycles. The van der Waals surface area contributed by atoms with Crippen LogP contribution in [-0.2, 0) is 11.3 Å². The van der Waals surface area contributed by atoms with Crippen LogP contribution in [0.15, 0.2) is 36.4 Å². The zero-order valence-electron chi connectivity index (χ0n) is 13.8. The van der Waals surface area contributed by atoms with Gasteiger partial charge in [0, 0.05) is 25.2 Å². The summed E-state index contributed by atoms with van der Waals surface area (Å²) < 4.78 is 12.9. The van der Waals surface area contributed by atoms with Crippen LogP contribution in [0.5, 0.6) is 5.75 Å². The van der Waals surface area contributed by atoms with Gasteiger partial charge >= 0.3 is 0 Å². The molecule has 1 aliphatic heterocycles. The molecule has 0 fully saturated rings. The standard InChI is InChI=1S/C17H16ClN5O2/c1-22-8-7-14(12-4-3-11(24-2)9-13(12)22)25-10-17-20-19-16-6-5-15(18)21-23(16)17/h3-7,9H,8,10H2,1-2H3. The molecule has 0 saturated carbocycles. The first-order valence-corrected chi connectivity index (χ1v) is 8.13. The third kappa shape index (κ3) is 2.87. The summed E-state index contributed by atoms with van der Waals surface area (Å²) >= 11 is 5.95. The first kappa shape index (κ1) is 15.7. The Morgan fingerprint density at radius 3 is 2.92 bits per heavy atom. The molecule has 2 aromatic heterocycles. The zero-order valence-corrected chi connectivity index (χ0v) is 14.6. The second kappa shape index (κ2) is 6.25. The van der Waals surface area contributed by atoms with Gasteiger partial charge in [-0.3, -0.25) is 0 Å². The fraction of sp³-hybridized carbons (Fsp3) is 0.235. The van der Waals surface area contributed by atoms with Gasteiger partial charge in [-0.15, -0.1) is 10.2 Å². The summed E-state index contributed by atoms with van der Waals surface area (Å²) in [4.78, 5) is 2.14. The number of ether oxygens (including phenoxy) is 2. The highest BCUT2D eigenvalue weighted by molar-refractivity contribution is 6.29. The van der Waals surface area contributed by atoms with Crippen molar-refractivity contribution in [2.45, 2.75) is 6.61 Å². The van der Waals surface area contributed by atoms with E-state index in [2.05, 4.69) is 20.2 Å². The number of nitrogens with zero attached hydrogens (tertiary/aromatic N) is 5. The highest BCUT2D eigenvalue weighted by atomic mass is 35.5. The maximum absolute atomic E-state index is 6.01. The van der Waals surface area contributed by atoms with Crippen molar-refractivity contribution in [3.05, 3.63) is 52.9 Å². The summed E-state index contributed by atoms with van der Waals surface area (Å²) in [7, 11) is 3.69. The van der Waals surface area contributed by atoms with E-state index in [1.54, 1.807) is 23.8 Å². The molecule has 1 aliphatic rings. The Balaban J connectivity index is 1.60. The van der Waals surface area contributed by atoms with Gasteiger partial charge in [0.05, 0.1) is 12.8 Å². The average Bonchev–Trinajstić information content (AvgIpc) is 3.03. The number of likely N-dealkylation sites (N-methyl/N-ethyl adjacent to an activating group) is 1. The molecule has 4 rings (SSSR count). The highest BCUT2D eigenvalue weighted by Gasteiger charge is 2.19. The van der Waals surface area contributed by atoms with Crippen LogP contribution in [0.25, 0.3) is 11.4 Å². The minimum Gasteiger partial charge on any atom is -0.497 e. The first-order chi connectivity index (χ1) is 12.2. The lowest BCUT2D eigenvalue weighted by atomic mass is 10.1. The molecule has 25 heavy (non-hydrogen) atoms. The maximum atomic E-state index is 6.01. The summed E-state index contributed by atoms with van der Waals surface area (Å²) in [5, 5.41) is 12.8. The number of hydrogen-bond acceptors (Lipinski definition) is 6. The van der Waals surface area contributed by atoms with Crippen molar-refractivity contribution < 1.29 is 9.47 Å². The van der Waals surface area contributed by atoms with Crippen molar-refractivity contribution in [2.75, 3.05) is 25.6 Å². The fourth-order valence-corrected chi connectivity index (χ4v) is 2.91. The molecule has 7 nitrogen and oxygen atoms in total. The molecule has 0 atom stereocenters. The van der Waals surface area contributed by atoms with Crippen LogP contribution in [0, 0.1) is 0 Å². The molecule has 0 N–H and O–H groups in total. The third-order valence-corrected chi connectivity index (χ3v) is 4.29. The molecule has 0 spiro atoms. The minimum atomic E-state index is 0.246. The van der Waals surface area contributed by atoms with Crippen LogP contribution in [0.1, 0.15) is 11.4 Å². The molecule has 0 saturated heterocycles. The van der Waals surface area contributed by atoms with Crippen LogP contribution < -0.4 is 9.64 Å². The normalized spacial score (nSPS) is 13.6. The van der Waals surface area contributed by atoms with Crippen LogP contribution >= 0.6 is 11.6 Å². The van der Waals surface area contributed by atoms with Gasteiger partial charge in [-0.25, -0.2) is 0 Å². The summed E-state index contributed by atoms with van der Waals surface area (Å²) in [6.45, 7) is 0.996. The molecule has 1 aromatic carbocycles. The topological polar surface area (TPSA) is 64.8 Å². The molecule has 0 unspecified atom stereocenters. The Morgan fingerprint density at radius 2 is 2.08 bits per heavy atom. The van der Waals surface area contributed by atoms with Crippen molar-refractivity contribution in [1.29, 1.82) is 0 Å². The molecule has 0 amide bonds. The molecule has 0 aliphatic carbocycles. The van der Waals surface area contributed by atoms with Gasteiger partial charge in [0.25, 0.3) is 0 Å². The molecule has 3 aromatic rings. The van der Waals surface area contributed by atoms with Gasteiger partial charge in [0.1, 0.15) is 23.3 Å². The summed E-state index contributed by atoms with van der Waals surface area (Å²) in [6.07, 6.45) is 2.04. The Kier molecular flexibility index (Phi) is 3.93. The fourth-order valence-electron chi connectivity index (χ4n) is 2.77. The number of methoxy groups -OCH3 is 1. The predicted molar refractivity (Wildman–Crippen MR) is 94.8 cm³/mol. The minimum absolute atomic E-state index is 0.246. The van der Waals surface area contributed by atoms with E-state index in [0.717, 1.165) is 29.3 Å². The molecule has 128 valence electrons. The SMILES string of the molecule is COc1ccc2c(c1)N(C)CC=C2OCc1nnc2ccc(Cl)nn12. The number of aromatic nitrogens is 4. The molecule has 0 radical (unpaired) electrons. The number of anilines is 1. The second-order valence-corrected chi connectivity index (χ2v) is 6.05. The lowest BCUT2D eigenvalue weighted by Crippen LogP contribution is -2.22. The number of benzene rings is 1. The highest BCUT2D eigenvalue weighted by Crippen LogP contribution is 2.34. The largest absolute Gasteiger partial charge is 0.497 e. The number of hydrogen-bond donors (Lipinski definition) is 0. The Hall–Kier alpha value is -2.80. The van der Waals surface area contributed by atoms with Crippen molar-refractivity contribution in [1.82, 2.24) is 19.8 Å². The van der Waals surface area contributed by atoms with Crippen molar-refractivity contribution in [2.24, 2.45) is 0 Å². The van der Waals surface area contributed by atoms with E-state index in [0.29, 0.717) is 16.6 Å². The first-order valence-electron chi connectivity index (χ1n) is 7.75. The van der Waals surface area contributed by atoms with Crippen molar-refractivity contribution in [3.8, 4) is 5.75 Å². The van der Waals surface area contributed by atoms with Crippen LogP contribution in [0.4, 0.5) is 5.69 Å². The van der Waals surface area contributed by atoms with Gasteiger partial charge in [-0.1, -0.05) is 11.6 Å². The van der Waals surface area contributed by atoms with Crippen molar-refractivity contribution >= 4 is 28.7 Å². The van der Waals surface area contributed by atoms with Gasteiger partial charge in [0.2, 0.25) is 0 Å². The Labute approximate surface area is 149 Å². The van der Waals surface area contributed by atoms with Crippen LogP contribution in [0.3, 0.4) is 0 Å². The Morgan fingerprint density at radius 1 is 1.20 bits per heavy atom. The number of halogens is 1. The smallest absolute Gasteiger partial charge is 0.192 e. The number of fused-ring (bicyclic) bond motifs is 2. The lowest BCUT2D eigenvalue weighted by molar-refractivity contribution is 0.251. The molecule has 8 heteroatoms. The Bertz CT molecular complexity index is 969. The van der Waals surface area contributed by atoms with Gasteiger partial charge in [-0.05, 0) is 30.3 Å². The summed E-state index contributed by atoms with van der Waals surface area (Å²) in [5.41, 5.74) is 2.70. The van der Waals surface area contributed by atoms with E-state index in [1.807, 2.05) is 31.3 Å². The predicted octanol–water partition coefficient (Wildman–Crippen LogP) is 2.79. The summed E-state index contributed by atoms with van der Waals surface area (Å²) in [6, 6.07) is 9.36.